The highest BCUT2D eigenvalue weighted by atomic mass is 15.2. The average molecular weight is 257 g/mol. The quantitative estimate of drug-likeness (QED) is 0.856. The number of para-hydroxylation sites is 1. The van der Waals surface area contributed by atoms with Gasteiger partial charge in [-0.05, 0) is 24.5 Å². The number of benzene rings is 1. The Labute approximate surface area is 113 Å². The van der Waals surface area contributed by atoms with Crippen LogP contribution in [0.4, 0.5) is 5.69 Å². The lowest BCUT2D eigenvalue weighted by molar-refractivity contribution is 0.663. The smallest absolute Gasteiger partial charge is 0.138 e. The zero-order valence-corrected chi connectivity index (χ0v) is 11.0. The molecule has 2 N–H and O–H groups in total. The fourth-order valence-electron chi connectivity index (χ4n) is 2.56. The van der Waals surface area contributed by atoms with Gasteiger partial charge in [-0.1, -0.05) is 18.2 Å². The van der Waals surface area contributed by atoms with Gasteiger partial charge in [0.2, 0.25) is 0 Å². The molecule has 0 aliphatic carbocycles. The minimum absolute atomic E-state index is 0.717. The van der Waals surface area contributed by atoms with E-state index in [9.17, 15) is 0 Å². The van der Waals surface area contributed by atoms with Crippen LogP contribution in [-0.2, 0) is 13.1 Å². The molecule has 0 atom stereocenters. The number of hydrogen-bond donors (Lipinski definition) is 2. The van der Waals surface area contributed by atoms with Gasteiger partial charge in [-0.2, -0.15) is 5.10 Å². The minimum atomic E-state index is 0.717. The monoisotopic (exact) mass is 257 g/mol. The largest absolute Gasteiger partial charge is 0.371 e. The van der Waals surface area contributed by atoms with E-state index in [1.807, 2.05) is 0 Å². The summed E-state index contributed by atoms with van der Waals surface area (Å²) in [6, 6.07) is 8.64. The molecule has 3 rings (SSSR count). The van der Waals surface area contributed by atoms with Gasteiger partial charge in [-0.15, -0.1) is 0 Å². The maximum Gasteiger partial charge on any atom is 0.138 e. The first-order chi connectivity index (χ1) is 9.43. The highest BCUT2D eigenvalue weighted by Crippen LogP contribution is 2.24. The Morgan fingerprint density at radius 3 is 2.79 bits per heavy atom. The molecular weight excluding hydrogens is 238 g/mol. The minimum Gasteiger partial charge on any atom is -0.371 e. The van der Waals surface area contributed by atoms with Gasteiger partial charge in [-0.3, -0.25) is 5.10 Å². The Morgan fingerprint density at radius 2 is 2.00 bits per heavy atom. The molecule has 0 radical (unpaired) electrons. The van der Waals surface area contributed by atoms with E-state index < -0.39 is 0 Å². The van der Waals surface area contributed by atoms with Crippen molar-refractivity contribution in [3.8, 4) is 0 Å². The molecule has 0 spiro atoms. The molecule has 1 aliphatic heterocycles. The molecule has 19 heavy (non-hydrogen) atoms. The van der Waals surface area contributed by atoms with E-state index >= 15 is 0 Å². The van der Waals surface area contributed by atoms with Crippen LogP contribution in [-0.4, -0.2) is 28.3 Å². The number of aromatic nitrogens is 3. The van der Waals surface area contributed by atoms with E-state index in [4.69, 9.17) is 0 Å². The van der Waals surface area contributed by atoms with E-state index in [1.165, 1.54) is 43.5 Å². The first kappa shape index (κ1) is 12.2. The summed E-state index contributed by atoms with van der Waals surface area (Å²) in [6.07, 6.45) is 4.15. The lowest BCUT2D eigenvalue weighted by atomic mass is 10.1. The summed E-state index contributed by atoms with van der Waals surface area (Å²) in [5, 5.41) is 10.1. The van der Waals surface area contributed by atoms with Crippen LogP contribution >= 0.6 is 0 Å². The molecule has 0 saturated carbocycles. The summed E-state index contributed by atoms with van der Waals surface area (Å²) in [5.74, 6) is 0.874. The Hall–Kier alpha value is -1.88. The molecule has 0 unspecified atom stereocenters. The molecule has 2 aromatic rings. The van der Waals surface area contributed by atoms with Crippen molar-refractivity contribution in [1.29, 1.82) is 0 Å². The van der Waals surface area contributed by atoms with Crippen molar-refractivity contribution < 1.29 is 0 Å². The van der Waals surface area contributed by atoms with Crippen LogP contribution < -0.4 is 10.2 Å². The molecule has 5 nitrogen and oxygen atoms in total. The number of anilines is 1. The number of nitrogens with one attached hydrogen (secondary N) is 2. The van der Waals surface area contributed by atoms with E-state index in [-0.39, 0.29) is 0 Å². The molecule has 1 aromatic heterocycles. The zero-order valence-electron chi connectivity index (χ0n) is 11.0. The van der Waals surface area contributed by atoms with Crippen LogP contribution in [0.5, 0.6) is 0 Å². The van der Waals surface area contributed by atoms with Gasteiger partial charge in [-0.25, -0.2) is 4.98 Å². The summed E-state index contributed by atoms with van der Waals surface area (Å²) in [6.45, 7) is 3.93. The maximum absolute atomic E-state index is 4.11. The standard InChI is InChI=1S/C14H19N5/c1-2-6-13(19-7-3-4-8-19)12(5-1)9-15-10-14-16-11-17-18-14/h1-2,5-6,11,15H,3-4,7-10H2,(H,16,17,18). The highest BCUT2D eigenvalue weighted by Gasteiger charge is 2.14. The van der Waals surface area contributed by atoms with Crippen LogP contribution in [0.3, 0.4) is 0 Å². The van der Waals surface area contributed by atoms with E-state index in [1.54, 1.807) is 0 Å². The summed E-state index contributed by atoms with van der Waals surface area (Å²) in [4.78, 5) is 6.59. The Balaban J connectivity index is 1.63. The second-order valence-electron chi connectivity index (χ2n) is 4.86. The first-order valence-corrected chi connectivity index (χ1v) is 6.81. The fourth-order valence-corrected chi connectivity index (χ4v) is 2.56. The van der Waals surface area contributed by atoms with Crippen LogP contribution in [0.15, 0.2) is 30.6 Å². The second-order valence-corrected chi connectivity index (χ2v) is 4.86. The second kappa shape index (κ2) is 5.84. The average Bonchev–Trinajstić information content (AvgIpc) is 3.12. The molecule has 2 heterocycles. The Kier molecular flexibility index (Phi) is 3.74. The SMILES string of the molecule is c1ccc(N2CCCC2)c(CNCc2ncn[nH]2)c1. The third-order valence-electron chi connectivity index (χ3n) is 3.51. The van der Waals surface area contributed by atoms with Gasteiger partial charge >= 0.3 is 0 Å². The van der Waals surface area contributed by atoms with Gasteiger partial charge in [0.1, 0.15) is 12.2 Å². The normalized spacial score (nSPS) is 15.1. The summed E-state index contributed by atoms with van der Waals surface area (Å²) in [7, 11) is 0. The molecular formula is C14H19N5. The fraction of sp³-hybridized carbons (Fsp3) is 0.429. The van der Waals surface area contributed by atoms with Crippen molar-refractivity contribution in [2.24, 2.45) is 0 Å². The van der Waals surface area contributed by atoms with E-state index in [0.29, 0.717) is 6.54 Å². The molecule has 5 heteroatoms. The predicted molar refractivity (Wildman–Crippen MR) is 74.8 cm³/mol. The van der Waals surface area contributed by atoms with Crippen LogP contribution in [0.2, 0.25) is 0 Å². The topological polar surface area (TPSA) is 56.8 Å². The third-order valence-corrected chi connectivity index (χ3v) is 3.51. The summed E-state index contributed by atoms with van der Waals surface area (Å²) in [5.41, 5.74) is 2.72. The van der Waals surface area contributed by atoms with Gasteiger partial charge in [0, 0.05) is 25.3 Å². The van der Waals surface area contributed by atoms with E-state index in [2.05, 4.69) is 49.7 Å². The van der Waals surface area contributed by atoms with Crippen molar-refractivity contribution in [1.82, 2.24) is 20.5 Å². The number of H-pyrrole nitrogens is 1. The number of aromatic amines is 1. The van der Waals surface area contributed by atoms with Crippen LogP contribution in [0, 0.1) is 0 Å². The lowest BCUT2D eigenvalue weighted by Crippen LogP contribution is -2.21. The Morgan fingerprint density at radius 1 is 1.16 bits per heavy atom. The van der Waals surface area contributed by atoms with Gasteiger partial charge in [0.15, 0.2) is 0 Å². The number of hydrogen-bond acceptors (Lipinski definition) is 4. The molecule has 1 aromatic carbocycles. The molecule has 100 valence electrons. The summed E-state index contributed by atoms with van der Waals surface area (Å²) >= 11 is 0. The number of rotatable bonds is 5. The predicted octanol–water partition coefficient (Wildman–Crippen LogP) is 1.69. The zero-order chi connectivity index (χ0) is 12.9. The van der Waals surface area contributed by atoms with Gasteiger partial charge in [0.05, 0.1) is 6.54 Å². The van der Waals surface area contributed by atoms with Crippen molar-refractivity contribution in [3.05, 3.63) is 42.0 Å². The van der Waals surface area contributed by atoms with Crippen LogP contribution in [0.1, 0.15) is 24.2 Å². The van der Waals surface area contributed by atoms with Crippen molar-refractivity contribution in [2.75, 3.05) is 18.0 Å². The molecule has 1 saturated heterocycles. The first-order valence-electron chi connectivity index (χ1n) is 6.81. The lowest BCUT2D eigenvalue weighted by Gasteiger charge is -2.21. The van der Waals surface area contributed by atoms with Gasteiger partial charge < -0.3 is 10.2 Å². The molecule has 0 bridgehead atoms. The molecule has 0 amide bonds. The highest BCUT2D eigenvalue weighted by molar-refractivity contribution is 5.54. The van der Waals surface area contributed by atoms with Crippen molar-refractivity contribution in [2.45, 2.75) is 25.9 Å². The van der Waals surface area contributed by atoms with Crippen LogP contribution in [0.25, 0.3) is 0 Å². The van der Waals surface area contributed by atoms with E-state index in [0.717, 1.165) is 12.4 Å². The molecule has 1 aliphatic rings. The van der Waals surface area contributed by atoms with Crippen molar-refractivity contribution in [3.63, 3.8) is 0 Å². The Bertz CT molecular complexity index is 502. The summed E-state index contributed by atoms with van der Waals surface area (Å²) < 4.78 is 0. The number of nitrogens with zero attached hydrogens (tertiary/aromatic N) is 3. The van der Waals surface area contributed by atoms with Crippen molar-refractivity contribution >= 4 is 5.69 Å². The third kappa shape index (κ3) is 2.93. The van der Waals surface area contributed by atoms with Gasteiger partial charge in [0.25, 0.3) is 0 Å². The molecule has 1 fully saturated rings. The maximum atomic E-state index is 4.11.